The number of amides is 1. The predicted octanol–water partition coefficient (Wildman–Crippen LogP) is 0.638. The van der Waals surface area contributed by atoms with Gasteiger partial charge in [0.1, 0.15) is 5.75 Å². The molecule has 3 N–H and O–H groups in total. The topological polar surface area (TPSA) is 69.8 Å². The molecule has 2 rings (SSSR count). The summed E-state index contributed by atoms with van der Waals surface area (Å²) in [5.74, 6) is 0.352. The molecule has 1 amide bonds. The quantitative estimate of drug-likeness (QED) is 0.596. The number of benzene rings is 1. The Bertz CT molecular complexity index is 448. The molecular weight excluding hydrogens is 230 g/mol. The third-order valence-electron chi connectivity index (χ3n) is 3.25. The summed E-state index contributed by atoms with van der Waals surface area (Å²) in [6.45, 7) is 2.59. The Morgan fingerprint density at radius 3 is 2.94 bits per heavy atom. The number of aromatic hydroxyl groups is 1. The van der Waals surface area contributed by atoms with E-state index < -0.39 is 0 Å². The summed E-state index contributed by atoms with van der Waals surface area (Å²) in [4.78, 5) is 15.6. The van der Waals surface area contributed by atoms with E-state index in [1.54, 1.807) is 23.1 Å². The van der Waals surface area contributed by atoms with E-state index in [1.807, 2.05) is 11.9 Å². The lowest BCUT2D eigenvalue weighted by Gasteiger charge is -2.20. The van der Waals surface area contributed by atoms with E-state index >= 15 is 0 Å². The maximum absolute atomic E-state index is 11.8. The van der Waals surface area contributed by atoms with E-state index in [-0.39, 0.29) is 11.7 Å². The Morgan fingerprint density at radius 2 is 2.17 bits per heavy atom. The highest BCUT2D eigenvalue weighted by atomic mass is 16.3. The number of carbonyl (C=O) groups excluding carboxylic acids is 1. The standard InChI is InChI=1S/C13H19N3O2/c1-15-5-2-6-16(9-13(15)18)8-10-7-11(14)3-4-12(10)17/h3-4,7,17H,2,5-6,8-9,14H2,1H3. The molecule has 0 radical (unpaired) electrons. The summed E-state index contributed by atoms with van der Waals surface area (Å²) >= 11 is 0. The normalized spacial score (nSPS) is 17.8. The molecule has 1 fully saturated rings. The molecule has 18 heavy (non-hydrogen) atoms. The number of phenols is 1. The van der Waals surface area contributed by atoms with E-state index in [9.17, 15) is 9.90 Å². The Morgan fingerprint density at radius 1 is 1.39 bits per heavy atom. The number of anilines is 1. The van der Waals surface area contributed by atoms with Crippen molar-refractivity contribution >= 4 is 11.6 Å². The zero-order valence-corrected chi connectivity index (χ0v) is 10.6. The van der Waals surface area contributed by atoms with Crippen molar-refractivity contribution in [3.63, 3.8) is 0 Å². The lowest BCUT2D eigenvalue weighted by atomic mass is 10.1. The molecule has 1 aliphatic rings. The van der Waals surface area contributed by atoms with Crippen LogP contribution in [0, 0.1) is 0 Å². The summed E-state index contributed by atoms with van der Waals surface area (Å²) in [5.41, 5.74) is 7.10. The highest BCUT2D eigenvalue weighted by Crippen LogP contribution is 2.22. The summed E-state index contributed by atoms with van der Waals surface area (Å²) in [6, 6.07) is 5.02. The van der Waals surface area contributed by atoms with Gasteiger partial charge in [-0.2, -0.15) is 0 Å². The van der Waals surface area contributed by atoms with E-state index in [0.29, 0.717) is 18.8 Å². The number of likely N-dealkylation sites (N-methyl/N-ethyl adjacent to an activating group) is 1. The molecule has 0 aromatic heterocycles. The molecule has 1 aliphatic heterocycles. The van der Waals surface area contributed by atoms with Crippen molar-refractivity contribution < 1.29 is 9.90 Å². The zero-order valence-electron chi connectivity index (χ0n) is 10.6. The minimum atomic E-state index is 0.121. The first-order valence-corrected chi connectivity index (χ1v) is 6.10. The van der Waals surface area contributed by atoms with Crippen molar-refractivity contribution in [3.8, 4) is 5.75 Å². The number of nitrogen functional groups attached to an aromatic ring is 1. The van der Waals surface area contributed by atoms with Gasteiger partial charge in [-0.1, -0.05) is 0 Å². The van der Waals surface area contributed by atoms with Gasteiger partial charge in [0.2, 0.25) is 5.91 Å². The minimum Gasteiger partial charge on any atom is -0.508 e. The fourth-order valence-corrected chi connectivity index (χ4v) is 2.16. The molecule has 0 saturated carbocycles. The van der Waals surface area contributed by atoms with Gasteiger partial charge in [-0.15, -0.1) is 0 Å². The van der Waals surface area contributed by atoms with Gasteiger partial charge in [0.15, 0.2) is 0 Å². The molecule has 1 heterocycles. The SMILES string of the molecule is CN1CCCN(Cc2cc(N)ccc2O)CC1=O. The number of carbonyl (C=O) groups is 1. The molecule has 98 valence electrons. The minimum absolute atomic E-state index is 0.121. The highest BCUT2D eigenvalue weighted by molar-refractivity contribution is 5.78. The first-order chi connectivity index (χ1) is 8.56. The van der Waals surface area contributed by atoms with E-state index in [2.05, 4.69) is 0 Å². The second-order valence-corrected chi connectivity index (χ2v) is 4.77. The lowest BCUT2D eigenvalue weighted by molar-refractivity contribution is -0.130. The number of hydrogen-bond donors (Lipinski definition) is 2. The van der Waals surface area contributed by atoms with Gasteiger partial charge in [0.25, 0.3) is 0 Å². The van der Waals surface area contributed by atoms with E-state index in [4.69, 9.17) is 5.73 Å². The maximum atomic E-state index is 11.8. The molecule has 0 spiro atoms. The highest BCUT2D eigenvalue weighted by Gasteiger charge is 2.19. The molecule has 0 unspecified atom stereocenters. The fraction of sp³-hybridized carbons (Fsp3) is 0.462. The lowest BCUT2D eigenvalue weighted by Crippen LogP contribution is -2.34. The van der Waals surface area contributed by atoms with Crippen LogP contribution in [0.5, 0.6) is 5.75 Å². The zero-order chi connectivity index (χ0) is 13.1. The van der Waals surface area contributed by atoms with Crippen LogP contribution in [0.4, 0.5) is 5.69 Å². The first-order valence-electron chi connectivity index (χ1n) is 6.10. The average molecular weight is 249 g/mol. The van der Waals surface area contributed by atoms with Crippen LogP contribution in [-0.4, -0.2) is 47.5 Å². The van der Waals surface area contributed by atoms with Crippen molar-refractivity contribution in [3.05, 3.63) is 23.8 Å². The predicted molar refractivity (Wildman–Crippen MR) is 70.1 cm³/mol. The Labute approximate surface area is 107 Å². The third-order valence-corrected chi connectivity index (χ3v) is 3.25. The third kappa shape index (κ3) is 2.92. The first kappa shape index (κ1) is 12.7. The number of nitrogens with two attached hydrogens (primary N) is 1. The van der Waals surface area contributed by atoms with Crippen LogP contribution in [-0.2, 0) is 11.3 Å². The number of hydrogen-bond acceptors (Lipinski definition) is 4. The van der Waals surface area contributed by atoms with Crippen LogP contribution in [0.3, 0.4) is 0 Å². The van der Waals surface area contributed by atoms with E-state index in [0.717, 1.165) is 25.1 Å². The van der Waals surface area contributed by atoms with Crippen LogP contribution in [0.15, 0.2) is 18.2 Å². The fourth-order valence-electron chi connectivity index (χ4n) is 2.16. The average Bonchev–Trinajstić information content (AvgIpc) is 2.47. The van der Waals surface area contributed by atoms with Gasteiger partial charge in [0, 0.05) is 37.9 Å². The molecule has 1 aromatic carbocycles. The largest absolute Gasteiger partial charge is 0.508 e. The van der Waals surface area contributed by atoms with Crippen molar-refractivity contribution in [2.75, 3.05) is 32.4 Å². The van der Waals surface area contributed by atoms with Gasteiger partial charge < -0.3 is 15.7 Å². The second-order valence-electron chi connectivity index (χ2n) is 4.77. The van der Waals surface area contributed by atoms with Crippen LogP contribution in [0.2, 0.25) is 0 Å². The van der Waals surface area contributed by atoms with Crippen molar-refractivity contribution in [2.24, 2.45) is 0 Å². The van der Waals surface area contributed by atoms with Gasteiger partial charge in [0.05, 0.1) is 6.54 Å². The Balaban J connectivity index is 2.08. The molecule has 1 saturated heterocycles. The van der Waals surface area contributed by atoms with Gasteiger partial charge in [-0.25, -0.2) is 0 Å². The molecule has 0 aliphatic carbocycles. The molecule has 0 atom stereocenters. The maximum Gasteiger partial charge on any atom is 0.236 e. The summed E-state index contributed by atoms with van der Waals surface area (Å²) in [5, 5.41) is 9.78. The summed E-state index contributed by atoms with van der Waals surface area (Å²) in [7, 11) is 1.82. The van der Waals surface area contributed by atoms with Crippen LogP contribution >= 0.6 is 0 Å². The summed E-state index contributed by atoms with van der Waals surface area (Å²) in [6.07, 6.45) is 0.950. The molecule has 5 nitrogen and oxygen atoms in total. The molecule has 5 heteroatoms. The van der Waals surface area contributed by atoms with Crippen molar-refractivity contribution in [1.82, 2.24) is 9.80 Å². The number of phenolic OH excluding ortho intramolecular Hbond substituents is 1. The van der Waals surface area contributed by atoms with Crippen LogP contribution in [0.1, 0.15) is 12.0 Å². The van der Waals surface area contributed by atoms with E-state index in [1.165, 1.54) is 0 Å². The van der Waals surface area contributed by atoms with Crippen LogP contribution < -0.4 is 5.73 Å². The van der Waals surface area contributed by atoms with Crippen molar-refractivity contribution in [2.45, 2.75) is 13.0 Å². The Kier molecular flexibility index (Phi) is 3.72. The number of nitrogens with zero attached hydrogens (tertiary/aromatic N) is 2. The monoisotopic (exact) mass is 249 g/mol. The van der Waals surface area contributed by atoms with Gasteiger partial charge in [-0.3, -0.25) is 9.69 Å². The van der Waals surface area contributed by atoms with Crippen molar-refractivity contribution in [1.29, 1.82) is 0 Å². The molecule has 0 bridgehead atoms. The number of rotatable bonds is 2. The van der Waals surface area contributed by atoms with Gasteiger partial charge >= 0.3 is 0 Å². The molecular formula is C13H19N3O2. The molecule has 1 aromatic rings. The smallest absolute Gasteiger partial charge is 0.236 e. The Hall–Kier alpha value is -1.75. The van der Waals surface area contributed by atoms with Crippen LogP contribution in [0.25, 0.3) is 0 Å². The van der Waals surface area contributed by atoms with Gasteiger partial charge in [-0.05, 0) is 24.6 Å². The second kappa shape index (κ2) is 5.27. The summed E-state index contributed by atoms with van der Waals surface area (Å²) < 4.78 is 0.